The first-order valence-electron chi connectivity index (χ1n) is 5.88. The van der Waals surface area contributed by atoms with Gasteiger partial charge in [-0.25, -0.2) is 4.79 Å². The van der Waals surface area contributed by atoms with Crippen LogP contribution in [0.4, 0.5) is 0 Å². The molecule has 4 N–H and O–H groups in total. The number of aromatic amines is 1. The Labute approximate surface area is 113 Å². The largest absolute Gasteiger partial charge is 0.490 e. The van der Waals surface area contributed by atoms with Gasteiger partial charge in [-0.3, -0.25) is 14.3 Å². The highest BCUT2D eigenvalue weighted by Crippen LogP contribution is 2.36. The van der Waals surface area contributed by atoms with Crippen molar-refractivity contribution in [1.29, 1.82) is 0 Å². The third kappa shape index (κ3) is 2.14. The molecule has 0 unspecified atom stereocenters. The summed E-state index contributed by atoms with van der Waals surface area (Å²) in [6.07, 6.45) is -3.01. The molecule has 0 amide bonds. The Morgan fingerprint density at radius 1 is 1.50 bits per heavy atom. The number of ether oxygens (including phenoxy) is 2. The Morgan fingerprint density at radius 3 is 2.65 bits per heavy atom. The van der Waals surface area contributed by atoms with Gasteiger partial charge in [0.15, 0.2) is 6.23 Å². The van der Waals surface area contributed by atoms with Crippen LogP contribution in [0.15, 0.2) is 15.8 Å². The summed E-state index contributed by atoms with van der Waals surface area (Å²) in [6.45, 7) is 0.853. The second-order valence-corrected chi connectivity index (χ2v) is 4.78. The summed E-state index contributed by atoms with van der Waals surface area (Å²) in [5, 5.41) is 29.0. The lowest BCUT2D eigenvalue weighted by Crippen LogP contribution is -2.43. The fraction of sp³-hybridized carbons (Fsp3) is 0.636. The summed E-state index contributed by atoms with van der Waals surface area (Å²) in [6, 6.07) is 0. The molecular weight excluding hydrogens is 272 g/mol. The molecule has 1 fully saturated rings. The van der Waals surface area contributed by atoms with Gasteiger partial charge >= 0.3 is 5.69 Å². The molecule has 1 aromatic heterocycles. The second kappa shape index (κ2) is 5.02. The van der Waals surface area contributed by atoms with Crippen molar-refractivity contribution >= 4 is 0 Å². The van der Waals surface area contributed by atoms with Crippen LogP contribution >= 0.6 is 0 Å². The first kappa shape index (κ1) is 14.7. The van der Waals surface area contributed by atoms with Crippen molar-refractivity contribution in [2.75, 3.05) is 13.7 Å². The highest BCUT2D eigenvalue weighted by Gasteiger charge is 2.52. The first-order chi connectivity index (χ1) is 9.34. The summed E-state index contributed by atoms with van der Waals surface area (Å²) in [7, 11) is 1.25. The van der Waals surface area contributed by atoms with Crippen molar-refractivity contribution in [2.45, 2.75) is 31.0 Å². The van der Waals surface area contributed by atoms with E-state index in [-0.39, 0.29) is 5.75 Å². The third-order valence-electron chi connectivity index (χ3n) is 3.37. The number of aliphatic hydroxyl groups excluding tert-OH is 3. The zero-order chi connectivity index (χ0) is 15.1. The lowest BCUT2D eigenvalue weighted by Gasteiger charge is -2.24. The van der Waals surface area contributed by atoms with E-state index in [2.05, 4.69) is 0 Å². The van der Waals surface area contributed by atoms with E-state index < -0.39 is 41.9 Å². The fourth-order valence-electron chi connectivity index (χ4n) is 2.09. The van der Waals surface area contributed by atoms with Gasteiger partial charge in [-0.15, -0.1) is 0 Å². The molecule has 1 saturated heterocycles. The number of H-pyrrole nitrogens is 1. The molecule has 9 heteroatoms. The number of methoxy groups -OCH3 is 1. The van der Waals surface area contributed by atoms with Crippen molar-refractivity contribution in [3.63, 3.8) is 0 Å². The van der Waals surface area contributed by atoms with Crippen LogP contribution in [0.2, 0.25) is 0 Å². The molecule has 1 aliphatic rings. The van der Waals surface area contributed by atoms with E-state index >= 15 is 0 Å². The summed E-state index contributed by atoms with van der Waals surface area (Å²) < 4.78 is 11.1. The van der Waals surface area contributed by atoms with Crippen molar-refractivity contribution in [3.8, 4) is 5.75 Å². The standard InChI is InChI=1S/C11H16N2O7/c1-11(4-14)7(16)6(15)9(20-11)13-3-5(19-2)8(17)12-10(13)18/h3,6-7,9,14-16H,4H2,1-2H3,(H,12,17,18)/t6-,7+,9-,11-/m1/s1. The van der Waals surface area contributed by atoms with E-state index in [1.54, 1.807) is 0 Å². The Morgan fingerprint density at radius 2 is 2.15 bits per heavy atom. The van der Waals surface area contributed by atoms with Crippen LogP contribution in [-0.2, 0) is 4.74 Å². The van der Waals surface area contributed by atoms with Gasteiger partial charge in [-0.05, 0) is 6.92 Å². The minimum Gasteiger partial charge on any atom is -0.490 e. The van der Waals surface area contributed by atoms with Crippen LogP contribution in [-0.4, -0.2) is 56.4 Å². The highest BCUT2D eigenvalue weighted by atomic mass is 16.6. The van der Waals surface area contributed by atoms with E-state index in [0.29, 0.717) is 0 Å². The molecule has 0 bridgehead atoms. The average Bonchev–Trinajstić information content (AvgIpc) is 2.64. The van der Waals surface area contributed by atoms with Gasteiger partial charge in [-0.2, -0.15) is 0 Å². The van der Waals surface area contributed by atoms with E-state index in [1.807, 2.05) is 4.98 Å². The highest BCUT2D eigenvalue weighted by molar-refractivity contribution is 5.13. The van der Waals surface area contributed by atoms with Crippen LogP contribution in [0.25, 0.3) is 0 Å². The lowest BCUT2D eigenvalue weighted by atomic mass is 9.99. The Kier molecular flexibility index (Phi) is 3.69. The number of nitrogens with zero attached hydrogens (tertiary/aromatic N) is 1. The van der Waals surface area contributed by atoms with Crippen molar-refractivity contribution in [3.05, 3.63) is 27.0 Å². The van der Waals surface area contributed by atoms with Crippen molar-refractivity contribution in [2.24, 2.45) is 0 Å². The summed E-state index contributed by atoms with van der Waals surface area (Å²) in [4.78, 5) is 25.2. The SMILES string of the molecule is COc1cn([C@@H]2O[C@](C)(CO)[C@@H](O)[C@H]2O)c(=O)[nH]c1=O. The van der Waals surface area contributed by atoms with E-state index in [1.165, 1.54) is 14.0 Å². The molecule has 1 aliphatic heterocycles. The topological polar surface area (TPSA) is 134 Å². The molecule has 0 aliphatic carbocycles. The molecule has 112 valence electrons. The van der Waals surface area contributed by atoms with Gasteiger partial charge in [0.1, 0.15) is 17.8 Å². The van der Waals surface area contributed by atoms with Gasteiger partial charge in [0, 0.05) is 0 Å². The molecule has 0 radical (unpaired) electrons. The number of rotatable bonds is 3. The zero-order valence-corrected chi connectivity index (χ0v) is 10.9. The second-order valence-electron chi connectivity index (χ2n) is 4.78. The molecule has 9 nitrogen and oxygen atoms in total. The monoisotopic (exact) mass is 288 g/mol. The van der Waals surface area contributed by atoms with Crippen LogP contribution in [0.5, 0.6) is 5.75 Å². The maximum absolute atomic E-state index is 11.8. The minimum absolute atomic E-state index is 0.146. The summed E-state index contributed by atoms with van der Waals surface area (Å²) in [5.41, 5.74) is -2.95. The Balaban J connectivity index is 2.48. The number of aliphatic hydroxyl groups is 3. The number of hydrogen-bond donors (Lipinski definition) is 4. The Hall–Kier alpha value is -1.68. The normalized spacial score (nSPS) is 33.4. The zero-order valence-electron chi connectivity index (χ0n) is 10.9. The maximum atomic E-state index is 11.8. The molecule has 4 atom stereocenters. The lowest BCUT2D eigenvalue weighted by molar-refractivity contribution is -0.118. The quantitative estimate of drug-likeness (QED) is 0.485. The van der Waals surface area contributed by atoms with E-state index in [9.17, 15) is 24.9 Å². The average molecular weight is 288 g/mol. The molecule has 0 saturated carbocycles. The number of hydrogen-bond acceptors (Lipinski definition) is 7. The van der Waals surface area contributed by atoms with Gasteiger partial charge in [0.05, 0.1) is 19.9 Å². The van der Waals surface area contributed by atoms with Gasteiger partial charge in [0.2, 0.25) is 5.75 Å². The van der Waals surface area contributed by atoms with Crippen LogP contribution in [0.3, 0.4) is 0 Å². The maximum Gasteiger partial charge on any atom is 0.330 e. The minimum atomic E-state index is -1.44. The molecule has 1 aromatic rings. The third-order valence-corrected chi connectivity index (χ3v) is 3.37. The molecular formula is C11H16N2O7. The van der Waals surface area contributed by atoms with Crippen LogP contribution in [0, 0.1) is 0 Å². The molecule has 2 rings (SSSR count). The first-order valence-corrected chi connectivity index (χ1v) is 5.88. The molecule has 0 aromatic carbocycles. The van der Waals surface area contributed by atoms with Crippen LogP contribution < -0.4 is 16.0 Å². The number of aromatic nitrogens is 2. The van der Waals surface area contributed by atoms with Gasteiger partial charge in [-0.1, -0.05) is 0 Å². The summed E-state index contributed by atoms with van der Waals surface area (Å²) in [5.74, 6) is -0.146. The van der Waals surface area contributed by atoms with Crippen LogP contribution in [0.1, 0.15) is 13.2 Å². The molecule has 20 heavy (non-hydrogen) atoms. The van der Waals surface area contributed by atoms with Crippen molar-refractivity contribution < 1.29 is 24.8 Å². The fourth-order valence-corrected chi connectivity index (χ4v) is 2.09. The predicted molar refractivity (Wildman–Crippen MR) is 65.5 cm³/mol. The van der Waals surface area contributed by atoms with E-state index in [0.717, 1.165) is 10.8 Å². The van der Waals surface area contributed by atoms with E-state index in [4.69, 9.17) is 9.47 Å². The summed E-state index contributed by atoms with van der Waals surface area (Å²) >= 11 is 0. The predicted octanol–water partition coefficient (Wildman–Crippen LogP) is -2.45. The van der Waals surface area contributed by atoms with Gasteiger partial charge < -0.3 is 24.8 Å². The number of nitrogens with one attached hydrogen (secondary N) is 1. The molecule has 0 spiro atoms. The molecule has 2 heterocycles. The van der Waals surface area contributed by atoms with Gasteiger partial charge in [0.25, 0.3) is 5.56 Å². The smallest absolute Gasteiger partial charge is 0.330 e. The Bertz CT molecular complexity index is 610. The van der Waals surface area contributed by atoms with Crippen molar-refractivity contribution in [1.82, 2.24) is 9.55 Å².